The van der Waals surface area contributed by atoms with Crippen molar-refractivity contribution in [2.45, 2.75) is 45.4 Å². The third-order valence-electron chi connectivity index (χ3n) is 4.50. The number of rotatable bonds is 10. The first kappa shape index (κ1) is 24.6. The molecule has 0 heterocycles. The molecule has 0 fully saturated rings. The molecular formula is C23H27IN2O5. The van der Waals surface area contributed by atoms with Crippen LogP contribution in [0.25, 0.3) is 0 Å². The van der Waals surface area contributed by atoms with Crippen molar-refractivity contribution in [1.82, 2.24) is 10.6 Å². The fraction of sp³-hybridized carbons (Fsp3) is 0.348. The van der Waals surface area contributed by atoms with Gasteiger partial charge in [-0.15, -0.1) is 0 Å². The lowest BCUT2D eigenvalue weighted by Gasteiger charge is -2.22. The zero-order valence-electron chi connectivity index (χ0n) is 17.5. The van der Waals surface area contributed by atoms with E-state index < -0.39 is 30.1 Å². The zero-order valence-corrected chi connectivity index (χ0v) is 19.7. The largest absolute Gasteiger partial charge is 0.480 e. The van der Waals surface area contributed by atoms with E-state index in [-0.39, 0.29) is 18.9 Å². The minimum Gasteiger partial charge on any atom is -0.480 e. The average molecular weight is 538 g/mol. The average Bonchev–Trinajstić information content (AvgIpc) is 2.73. The summed E-state index contributed by atoms with van der Waals surface area (Å²) in [5.41, 5.74) is 1.62. The van der Waals surface area contributed by atoms with Gasteiger partial charge in [0.2, 0.25) is 5.91 Å². The number of halogens is 1. The molecule has 0 radical (unpaired) electrons. The predicted molar refractivity (Wildman–Crippen MR) is 125 cm³/mol. The van der Waals surface area contributed by atoms with Crippen molar-refractivity contribution in [3.8, 4) is 0 Å². The molecule has 0 saturated heterocycles. The maximum atomic E-state index is 12.8. The number of benzene rings is 2. The maximum absolute atomic E-state index is 12.8. The second kappa shape index (κ2) is 12.3. The highest BCUT2D eigenvalue weighted by Crippen LogP contribution is 2.11. The lowest BCUT2D eigenvalue weighted by Crippen LogP contribution is -2.52. The SMILES string of the molecule is CC(C)C[C@H](NC(=O)OCc1ccccc1)C(=O)N[C@@H](Cc1ccc(I)cc1)C(=O)O. The first-order valence-electron chi connectivity index (χ1n) is 9.99. The molecule has 0 bridgehead atoms. The topological polar surface area (TPSA) is 105 Å². The van der Waals surface area contributed by atoms with Gasteiger partial charge >= 0.3 is 12.1 Å². The van der Waals surface area contributed by atoms with E-state index in [0.717, 1.165) is 14.7 Å². The smallest absolute Gasteiger partial charge is 0.408 e. The van der Waals surface area contributed by atoms with Crippen LogP contribution in [-0.4, -0.2) is 35.2 Å². The van der Waals surface area contributed by atoms with Crippen LogP contribution in [0.5, 0.6) is 0 Å². The summed E-state index contributed by atoms with van der Waals surface area (Å²) in [6.07, 6.45) is -0.235. The van der Waals surface area contributed by atoms with Gasteiger partial charge in [-0.3, -0.25) is 4.79 Å². The van der Waals surface area contributed by atoms with E-state index in [1.54, 1.807) is 0 Å². The van der Waals surface area contributed by atoms with Crippen molar-refractivity contribution in [3.05, 3.63) is 69.3 Å². The Morgan fingerprint density at radius 3 is 2.16 bits per heavy atom. The molecule has 0 aromatic heterocycles. The third kappa shape index (κ3) is 8.95. The molecule has 3 N–H and O–H groups in total. The molecule has 2 aromatic rings. The van der Waals surface area contributed by atoms with Crippen molar-refractivity contribution in [2.24, 2.45) is 5.92 Å². The number of carboxylic acids is 1. The Morgan fingerprint density at radius 1 is 0.935 bits per heavy atom. The van der Waals surface area contributed by atoms with Gasteiger partial charge in [0.25, 0.3) is 0 Å². The van der Waals surface area contributed by atoms with E-state index in [4.69, 9.17) is 4.74 Å². The van der Waals surface area contributed by atoms with E-state index in [1.165, 1.54) is 0 Å². The molecule has 2 aromatic carbocycles. The molecule has 0 aliphatic heterocycles. The van der Waals surface area contributed by atoms with E-state index in [2.05, 4.69) is 33.2 Å². The molecule has 0 spiro atoms. The van der Waals surface area contributed by atoms with Crippen LogP contribution in [0.1, 0.15) is 31.4 Å². The number of carbonyl (C=O) groups is 3. The monoisotopic (exact) mass is 538 g/mol. The number of hydrogen-bond donors (Lipinski definition) is 3. The Hall–Kier alpha value is -2.62. The Kier molecular flexibility index (Phi) is 9.77. The van der Waals surface area contributed by atoms with Crippen LogP contribution in [0.4, 0.5) is 4.79 Å². The summed E-state index contributed by atoms with van der Waals surface area (Å²) in [6.45, 7) is 3.91. The molecule has 0 aliphatic carbocycles. The maximum Gasteiger partial charge on any atom is 0.408 e. The van der Waals surface area contributed by atoms with Gasteiger partial charge in [0.05, 0.1) is 0 Å². The molecule has 7 nitrogen and oxygen atoms in total. The van der Waals surface area contributed by atoms with Crippen molar-refractivity contribution in [3.63, 3.8) is 0 Å². The predicted octanol–water partition coefficient (Wildman–Crippen LogP) is 3.74. The van der Waals surface area contributed by atoms with Crippen LogP contribution in [0.15, 0.2) is 54.6 Å². The van der Waals surface area contributed by atoms with Crippen LogP contribution in [0, 0.1) is 9.49 Å². The van der Waals surface area contributed by atoms with Crippen LogP contribution in [0.2, 0.25) is 0 Å². The number of carbonyl (C=O) groups excluding carboxylic acids is 2. The number of alkyl carbamates (subject to hydrolysis) is 1. The molecule has 0 unspecified atom stereocenters. The van der Waals surface area contributed by atoms with Crippen LogP contribution >= 0.6 is 22.6 Å². The summed E-state index contributed by atoms with van der Waals surface area (Å²) >= 11 is 2.17. The van der Waals surface area contributed by atoms with Crippen molar-refractivity contribution in [2.75, 3.05) is 0 Å². The minimum absolute atomic E-state index is 0.0766. The normalized spacial score (nSPS) is 12.6. The van der Waals surface area contributed by atoms with Gasteiger partial charge in [0.1, 0.15) is 18.7 Å². The number of ether oxygens (including phenoxy) is 1. The lowest BCUT2D eigenvalue weighted by atomic mass is 10.0. The standard InChI is InChI=1S/C23H27IN2O5/c1-15(2)12-19(26-23(30)31-14-17-6-4-3-5-7-17)21(27)25-20(22(28)29)13-16-8-10-18(24)11-9-16/h3-11,15,19-20H,12-14H2,1-2H3,(H,25,27)(H,26,30)(H,28,29)/t19-,20-/m0/s1. The molecule has 0 saturated carbocycles. The molecule has 166 valence electrons. The zero-order chi connectivity index (χ0) is 22.8. The first-order valence-corrected chi connectivity index (χ1v) is 11.1. The van der Waals surface area contributed by atoms with Crippen LogP contribution in [-0.2, 0) is 27.4 Å². The number of aliphatic carboxylic acids is 1. The second-order valence-corrected chi connectivity index (χ2v) is 8.86. The highest BCUT2D eigenvalue weighted by Gasteiger charge is 2.27. The molecule has 2 amide bonds. The summed E-state index contributed by atoms with van der Waals surface area (Å²) in [5.74, 6) is -1.59. The molecule has 2 rings (SSSR count). The second-order valence-electron chi connectivity index (χ2n) is 7.62. The van der Waals surface area contributed by atoms with Gasteiger partial charge in [-0.25, -0.2) is 9.59 Å². The van der Waals surface area contributed by atoms with Gasteiger partial charge in [0, 0.05) is 9.99 Å². The van der Waals surface area contributed by atoms with Crippen molar-refractivity contribution >= 4 is 40.6 Å². The molecular weight excluding hydrogens is 511 g/mol. The van der Waals surface area contributed by atoms with Gasteiger partial charge in [-0.2, -0.15) is 0 Å². The molecule has 8 heteroatoms. The van der Waals surface area contributed by atoms with E-state index in [1.807, 2.05) is 68.4 Å². The Bertz CT molecular complexity index is 871. The fourth-order valence-electron chi connectivity index (χ4n) is 2.94. The van der Waals surface area contributed by atoms with Gasteiger partial charge < -0.3 is 20.5 Å². The van der Waals surface area contributed by atoms with E-state index >= 15 is 0 Å². The Morgan fingerprint density at radius 2 is 1.58 bits per heavy atom. The van der Waals surface area contributed by atoms with Gasteiger partial charge in [-0.05, 0) is 58.2 Å². The quantitative estimate of drug-likeness (QED) is 0.400. The van der Waals surface area contributed by atoms with Crippen molar-refractivity contribution in [1.29, 1.82) is 0 Å². The van der Waals surface area contributed by atoms with Crippen LogP contribution < -0.4 is 10.6 Å². The lowest BCUT2D eigenvalue weighted by molar-refractivity contribution is -0.142. The summed E-state index contributed by atoms with van der Waals surface area (Å²) < 4.78 is 6.24. The highest BCUT2D eigenvalue weighted by molar-refractivity contribution is 14.1. The fourth-order valence-corrected chi connectivity index (χ4v) is 3.30. The molecule has 0 aliphatic rings. The third-order valence-corrected chi connectivity index (χ3v) is 5.22. The number of carboxylic acid groups (broad SMARTS) is 1. The Labute approximate surface area is 195 Å². The van der Waals surface area contributed by atoms with Gasteiger partial charge in [-0.1, -0.05) is 56.3 Å². The summed E-state index contributed by atoms with van der Waals surface area (Å²) in [7, 11) is 0. The number of amides is 2. The van der Waals surface area contributed by atoms with E-state index in [9.17, 15) is 19.5 Å². The van der Waals surface area contributed by atoms with E-state index in [0.29, 0.717) is 6.42 Å². The summed E-state index contributed by atoms with van der Waals surface area (Å²) in [4.78, 5) is 36.7. The Balaban J connectivity index is 1.99. The highest BCUT2D eigenvalue weighted by atomic mass is 127. The minimum atomic E-state index is -1.14. The molecule has 2 atom stereocenters. The summed E-state index contributed by atoms with van der Waals surface area (Å²) in [6, 6.07) is 14.6. The molecule has 31 heavy (non-hydrogen) atoms. The van der Waals surface area contributed by atoms with Crippen molar-refractivity contribution < 1.29 is 24.2 Å². The van der Waals surface area contributed by atoms with Gasteiger partial charge in [0.15, 0.2) is 0 Å². The first-order chi connectivity index (χ1) is 14.7. The number of nitrogens with one attached hydrogen (secondary N) is 2. The van der Waals surface area contributed by atoms with Crippen LogP contribution in [0.3, 0.4) is 0 Å². The number of hydrogen-bond acceptors (Lipinski definition) is 4. The summed E-state index contributed by atoms with van der Waals surface area (Å²) in [5, 5.41) is 14.7.